The molecule has 8 nitrogen and oxygen atoms in total. The van der Waals surface area contributed by atoms with Gasteiger partial charge in [0.25, 0.3) is 0 Å². The van der Waals surface area contributed by atoms with Crippen LogP contribution in [0.2, 0.25) is 0 Å². The second-order valence-electron chi connectivity index (χ2n) is 7.84. The van der Waals surface area contributed by atoms with E-state index in [1.807, 2.05) is 0 Å². The van der Waals surface area contributed by atoms with Crippen LogP contribution >= 0.6 is 0 Å². The van der Waals surface area contributed by atoms with Gasteiger partial charge in [-0.3, -0.25) is 9.13 Å². The van der Waals surface area contributed by atoms with Crippen molar-refractivity contribution < 1.29 is 34.8 Å². The Bertz CT molecular complexity index is 1640. The number of aryl methyl sites for hydroxylation is 2. The zero-order valence-electron chi connectivity index (χ0n) is 18.4. The molecule has 1 aromatic carbocycles. The molecule has 0 N–H and O–H groups in total. The van der Waals surface area contributed by atoms with Crippen LogP contribution in [0, 0.1) is 0 Å². The highest BCUT2D eigenvalue weighted by atomic mass is 32.2. The minimum atomic E-state index is -4.75. The number of alkyl halides is 6. The number of sulfone groups is 1. The number of hydrogen-bond donors (Lipinski definition) is 0. The molecule has 0 radical (unpaired) electrons. The van der Waals surface area contributed by atoms with E-state index in [0.29, 0.717) is 10.8 Å². The van der Waals surface area contributed by atoms with E-state index in [2.05, 4.69) is 9.97 Å². The first kappa shape index (κ1) is 24.8. The molecular formula is C20H17F6N5O3S. The van der Waals surface area contributed by atoms with Crippen molar-refractivity contribution in [3.8, 4) is 11.4 Å². The molecule has 0 aliphatic rings. The van der Waals surface area contributed by atoms with Crippen LogP contribution in [0.4, 0.5) is 26.3 Å². The van der Waals surface area contributed by atoms with Crippen molar-refractivity contribution in [2.75, 3.05) is 5.75 Å². The number of imidazole rings is 2. The van der Waals surface area contributed by atoms with Crippen molar-refractivity contribution in [2.45, 2.75) is 30.7 Å². The van der Waals surface area contributed by atoms with E-state index < -0.39 is 40.0 Å². The van der Waals surface area contributed by atoms with Crippen molar-refractivity contribution in [3.05, 3.63) is 40.4 Å². The van der Waals surface area contributed by atoms with Crippen molar-refractivity contribution in [2.24, 2.45) is 14.1 Å². The Hall–Kier alpha value is -3.36. The number of benzene rings is 1. The van der Waals surface area contributed by atoms with Crippen LogP contribution in [0.15, 0.2) is 34.1 Å². The zero-order chi connectivity index (χ0) is 26.1. The molecule has 0 fully saturated rings. The lowest BCUT2D eigenvalue weighted by Crippen LogP contribution is -2.28. The van der Waals surface area contributed by atoms with Gasteiger partial charge >= 0.3 is 18.0 Å². The molecule has 0 amide bonds. The summed E-state index contributed by atoms with van der Waals surface area (Å²) >= 11 is 0. The molecule has 188 valence electrons. The van der Waals surface area contributed by atoms with Crippen LogP contribution in [0.1, 0.15) is 12.5 Å². The first-order chi connectivity index (χ1) is 16.0. The molecule has 4 rings (SSSR count). The molecule has 0 spiro atoms. The van der Waals surface area contributed by atoms with Crippen molar-refractivity contribution >= 4 is 32.0 Å². The largest absolute Gasteiger partial charge is 0.417 e. The summed E-state index contributed by atoms with van der Waals surface area (Å²) in [5, 5.41) is 0. The maximum Gasteiger partial charge on any atom is 0.417 e. The number of rotatable bonds is 4. The smallest absolute Gasteiger partial charge is 0.312 e. The molecule has 0 bridgehead atoms. The highest BCUT2D eigenvalue weighted by Gasteiger charge is 2.33. The summed E-state index contributed by atoms with van der Waals surface area (Å²) in [5.74, 6) is -0.529. The summed E-state index contributed by atoms with van der Waals surface area (Å²) in [6, 6.07) is 2.89. The van der Waals surface area contributed by atoms with Gasteiger partial charge in [-0.1, -0.05) is 6.92 Å². The molecule has 0 atom stereocenters. The van der Waals surface area contributed by atoms with E-state index in [1.54, 1.807) is 0 Å². The van der Waals surface area contributed by atoms with Crippen LogP contribution in [-0.2, 0) is 36.7 Å². The third-order valence-corrected chi connectivity index (χ3v) is 7.34. The minimum Gasteiger partial charge on any atom is -0.312 e. The van der Waals surface area contributed by atoms with Gasteiger partial charge in [0.1, 0.15) is 17.9 Å². The number of hydrogen-bond acceptors (Lipinski definition) is 5. The number of nitrogens with zero attached hydrogens (tertiary/aromatic N) is 5. The van der Waals surface area contributed by atoms with Crippen LogP contribution in [-0.4, -0.2) is 44.0 Å². The van der Waals surface area contributed by atoms with Gasteiger partial charge in [0.15, 0.2) is 15.5 Å². The molecule has 0 aliphatic heterocycles. The Morgan fingerprint density at radius 1 is 0.971 bits per heavy atom. The minimum absolute atomic E-state index is 0.00585. The first-order valence-electron chi connectivity index (χ1n) is 9.98. The van der Waals surface area contributed by atoms with Gasteiger partial charge in [-0.25, -0.2) is 23.2 Å². The highest BCUT2D eigenvalue weighted by Crippen LogP contribution is 2.35. The highest BCUT2D eigenvalue weighted by molar-refractivity contribution is 7.91. The Morgan fingerprint density at radius 3 is 2.20 bits per heavy atom. The molecular weight excluding hydrogens is 504 g/mol. The summed E-state index contributed by atoms with van der Waals surface area (Å²) in [6.07, 6.45) is -8.85. The van der Waals surface area contributed by atoms with Gasteiger partial charge in [0.2, 0.25) is 0 Å². The Morgan fingerprint density at radius 2 is 1.63 bits per heavy atom. The van der Waals surface area contributed by atoms with Crippen molar-refractivity contribution in [1.82, 2.24) is 23.7 Å². The SMILES string of the molecule is CCS(=O)(=O)c1cc2c(cc1-c1nc3cc(C(F)(F)F)cnc3n1C)n(CC(F)(F)F)c(=O)n2C. The lowest BCUT2D eigenvalue weighted by atomic mass is 10.1. The lowest BCUT2D eigenvalue weighted by molar-refractivity contribution is -0.140. The van der Waals surface area contributed by atoms with Gasteiger partial charge in [-0.05, 0) is 18.2 Å². The Balaban J connectivity index is 2.10. The molecule has 4 aromatic rings. The quantitative estimate of drug-likeness (QED) is 0.383. The van der Waals surface area contributed by atoms with Gasteiger partial charge in [-0.2, -0.15) is 26.3 Å². The summed E-state index contributed by atoms with van der Waals surface area (Å²) < 4.78 is 107. The van der Waals surface area contributed by atoms with Gasteiger partial charge in [0.05, 0.1) is 27.2 Å². The summed E-state index contributed by atoms with van der Waals surface area (Å²) in [6.45, 7) is -0.273. The zero-order valence-corrected chi connectivity index (χ0v) is 19.2. The number of fused-ring (bicyclic) bond motifs is 2. The third-order valence-electron chi connectivity index (χ3n) is 5.58. The molecule has 35 heavy (non-hydrogen) atoms. The molecule has 0 aliphatic carbocycles. The second kappa shape index (κ2) is 7.83. The van der Waals surface area contributed by atoms with E-state index in [9.17, 15) is 39.6 Å². The Kier molecular flexibility index (Phi) is 5.54. The topological polar surface area (TPSA) is 91.8 Å². The molecule has 0 saturated heterocycles. The predicted octanol–water partition coefficient (Wildman–Crippen LogP) is 3.66. The molecule has 0 saturated carbocycles. The van der Waals surface area contributed by atoms with Crippen LogP contribution in [0.5, 0.6) is 0 Å². The monoisotopic (exact) mass is 521 g/mol. The fourth-order valence-corrected chi connectivity index (χ4v) is 4.91. The maximum atomic E-state index is 13.2. The average Bonchev–Trinajstić information content (AvgIpc) is 3.20. The fraction of sp³-hybridized carbons (Fsp3) is 0.350. The molecule has 3 aromatic heterocycles. The van der Waals surface area contributed by atoms with E-state index in [-0.39, 0.29) is 44.2 Å². The van der Waals surface area contributed by atoms with Crippen molar-refractivity contribution in [1.29, 1.82) is 0 Å². The maximum absolute atomic E-state index is 13.2. The van der Waals surface area contributed by atoms with E-state index in [4.69, 9.17) is 0 Å². The van der Waals surface area contributed by atoms with Crippen molar-refractivity contribution in [3.63, 3.8) is 0 Å². The van der Waals surface area contributed by atoms with Gasteiger partial charge in [0, 0.05) is 25.9 Å². The first-order valence-corrected chi connectivity index (χ1v) is 11.6. The standard InChI is InChI=1S/C20H17F6N5O3S/c1-4-35(33,34)15-7-13-14(31(9-19(21,22)23)18(32)29(13)2)6-11(15)16-28-12-5-10(20(24,25)26)8-27-17(12)30(16)3/h5-8H,4,9H2,1-3H3. The normalized spacial score (nSPS) is 13.3. The Labute approximate surface area is 193 Å². The van der Waals surface area contributed by atoms with Gasteiger partial charge < -0.3 is 4.57 Å². The summed E-state index contributed by atoms with van der Waals surface area (Å²) in [5.41, 5.74) is -2.74. The summed E-state index contributed by atoms with van der Waals surface area (Å²) in [7, 11) is -1.42. The number of aromatic nitrogens is 5. The second-order valence-corrected chi connectivity index (χ2v) is 10.1. The van der Waals surface area contributed by atoms with Gasteiger partial charge in [-0.15, -0.1) is 0 Å². The number of pyridine rings is 1. The third kappa shape index (κ3) is 4.17. The fourth-order valence-electron chi connectivity index (χ4n) is 3.82. The molecule has 3 heterocycles. The van der Waals surface area contributed by atoms with Crippen LogP contribution in [0.25, 0.3) is 33.6 Å². The number of halogens is 6. The van der Waals surface area contributed by atoms with Crippen LogP contribution < -0.4 is 5.69 Å². The van der Waals surface area contributed by atoms with E-state index in [1.165, 1.54) is 25.6 Å². The lowest BCUT2D eigenvalue weighted by Gasteiger charge is -2.12. The predicted molar refractivity (Wildman–Crippen MR) is 113 cm³/mol. The molecule has 15 heteroatoms. The summed E-state index contributed by atoms with van der Waals surface area (Å²) in [4.78, 5) is 20.1. The van der Waals surface area contributed by atoms with E-state index in [0.717, 1.165) is 22.8 Å². The van der Waals surface area contributed by atoms with E-state index >= 15 is 0 Å². The molecule has 0 unspecified atom stereocenters. The average molecular weight is 521 g/mol. The van der Waals surface area contributed by atoms with Crippen LogP contribution in [0.3, 0.4) is 0 Å².